The van der Waals surface area contributed by atoms with E-state index in [0.717, 1.165) is 61.4 Å². The van der Waals surface area contributed by atoms with Crippen molar-refractivity contribution in [1.82, 2.24) is 10.6 Å². The summed E-state index contributed by atoms with van der Waals surface area (Å²) in [4.78, 5) is 11.8. The molecule has 0 radical (unpaired) electrons. The molecule has 164 valence electrons. The molecule has 7 nitrogen and oxygen atoms in total. The number of carbonyl (C=O) groups excluding carboxylic acids is 1. The highest BCUT2D eigenvalue weighted by molar-refractivity contribution is 5.73. The van der Waals surface area contributed by atoms with Crippen LogP contribution in [-0.2, 0) is 0 Å². The molecule has 0 aliphatic carbocycles. The summed E-state index contributed by atoms with van der Waals surface area (Å²) in [5, 5.41) is 5.77. The number of urea groups is 1. The Bertz CT molecular complexity index is 659. The number of rotatable bonds is 14. The number of nitrogens with two attached hydrogens (primary N) is 2. The summed E-state index contributed by atoms with van der Waals surface area (Å²) < 4.78 is 11.3. The summed E-state index contributed by atoms with van der Waals surface area (Å²) in [5.74, 6) is 1.66. The minimum Gasteiger partial charge on any atom is -0.494 e. The van der Waals surface area contributed by atoms with Crippen molar-refractivity contribution in [1.29, 1.82) is 0 Å². The highest BCUT2D eigenvalue weighted by Gasteiger charge is 2.00. The SMILES string of the molecule is Nc1ccc(OCCCCCNC(=O)NCCCCCOc2ccc(N)cc2)cc1. The molecule has 0 aliphatic rings. The fraction of sp³-hybridized carbons (Fsp3) is 0.435. The van der Waals surface area contributed by atoms with Crippen LogP contribution in [0.1, 0.15) is 38.5 Å². The van der Waals surface area contributed by atoms with Crippen molar-refractivity contribution in [2.45, 2.75) is 38.5 Å². The Morgan fingerprint density at radius 2 is 1.03 bits per heavy atom. The van der Waals surface area contributed by atoms with Crippen molar-refractivity contribution < 1.29 is 14.3 Å². The van der Waals surface area contributed by atoms with Crippen LogP contribution in [0.5, 0.6) is 11.5 Å². The highest BCUT2D eigenvalue weighted by atomic mass is 16.5. The van der Waals surface area contributed by atoms with E-state index in [1.54, 1.807) is 0 Å². The number of carbonyl (C=O) groups is 1. The zero-order valence-corrected chi connectivity index (χ0v) is 17.6. The highest BCUT2D eigenvalue weighted by Crippen LogP contribution is 2.14. The minimum absolute atomic E-state index is 0.105. The fourth-order valence-corrected chi connectivity index (χ4v) is 2.78. The molecule has 0 atom stereocenters. The number of benzene rings is 2. The summed E-state index contributed by atoms with van der Waals surface area (Å²) in [5.41, 5.74) is 12.7. The average molecular weight is 415 g/mol. The average Bonchev–Trinajstić information content (AvgIpc) is 2.75. The lowest BCUT2D eigenvalue weighted by Gasteiger charge is -2.09. The van der Waals surface area contributed by atoms with E-state index in [1.807, 2.05) is 48.5 Å². The van der Waals surface area contributed by atoms with Crippen LogP contribution in [0.25, 0.3) is 0 Å². The first-order valence-electron chi connectivity index (χ1n) is 10.6. The van der Waals surface area contributed by atoms with Gasteiger partial charge in [0.1, 0.15) is 11.5 Å². The van der Waals surface area contributed by atoms with Crippen LogP contribution in [0.15, 0.2) is 48.5 Å². The molecule has 2 rings (SSSR count). The first kappa shape index (κ1) is 23.2. The number of nitrogen functional groups attached to an aromatic ring is 2. The first-order valence-corrected chi connectivity index (χ1v) is 10.6. The number of unbranched alkanes of at least 4 members (excludes halogenated alkanes) is 4. The van der Waals surface area contributed by atoms with E-state index in [-0.39, 0.29) is 6.03 Å². The predicted octanol–water partition coefficient (Wildman–Crippen LogP) is 3.95. The van der Waals surface area contributed by atoms with E-state index in [4.69, 9.17) is 20.9 Å². The molecule has 0 saturated carbocycles. The van der Waals surface area contributed by atoms with Crippen LogP contribution < -0.4 is 31.6 Å². The number of amides is 2. The molecule has 0 aliphatic heterocycles. The fourth-order valence-electron chi connectivity index (χ4n) is 2.78. The molecule has 6 N–H and O–H groups in total. The Hall–Kier alpha value is -3.09. The molecular formula is C23H34N4O3. The monoisotopic (exact) mass is 414 g/mol. The number of nitrogens with one attached hydrogen (secondary N) is 2. The second-order valence-corrected chi connectivity index (χ2v) is 7.14. The lowest BCUT2D eigenvalue weighted by atomic mass is 10.2. The third-order valence-electron chi connectivity index (χ3n) is 4.51. The normalized spacial score (nSPS) is 10.4. The lowest BCUT2D eigenvalue weighted by Crippen LogP contribution is -2.36. The van der Waals surface area contributed by atoms with Gasteiger partial charge >= 0.3 is 6.03 Å². The molecule has 0 unspecified atom stereocenters. The second-order valence-electron chi connectivity index (χ2n) is 7.14. The number of hydrogen-bond acceptors (Lipinski definition) is 5. The zero-order chi connectivity index (χ0) is 21.4. The number of ether oxygens (including phenoxy) is 2. The standard InChI is InChI=1S/C23H34N4O3/c24-19-7-11-21(12-8-19)29-17-5-1-3-15-26-23(28)27-16-4-2-6-18-30-22-13-9-20(25)10-14-22/h7-14H,1-6,15-18,24-25H2,(H2,26,27,28). The molecule has 2 aromatic carbocycles. The Morgan fingerprint density at radius 3 is 1.43 bits per heavy atom. The summed E-state index contributed by atoms with van der Waals surface area (Å²) in [6.07, 6.45) is 5.77. The summed E-state index contributed by atoms with van der Waals surface area (Å²) >= 11 is 0. The molecule has 0 fully saturated rings. The molecule has 0 spiro atoms. The molecule has 0 heterocycles. The molecule has 0 saturated heterocycles. The van der Waals surface area contributed by atoms with Crippen LogP contribution in [0.4, 0.5) is 16.2 Å². The Balaban J connectivity index is 1.35. The van der Waals surface area contributed by atoms with Crippen LogP contribution in [-0.4, -0.2) is 32.3 Å². The van der Waals surface area contributed by atoms with E-state index in [0.29, 0.717) is 26.3 Å². The van der Waals surface area contributed by atoms with Crippen LogP contribution in [0, 0.1) is 0 Å². The maximum atomic E-state index is 11.8. The quantitative estimate of drug-likeness (QED) is 0.276. The molecule has 0 bridgehead atoms. The van der Waals surface area contributed by atoms with Gasteiger partial charge in [-0.15, -0.1) is 0 Å². The van der Waals surface area contributed by atoms with Crippen molar-refractivity contribution in [2.24, 2.45) is 0 Å². The van der Waals surface area contributed by atoms with Gasteiger partial charge in [0.25, 0.3) is 0 Å². The van der Waals surface area contributed by atoms with Gasteiger partial charge in [-0.2, -0.15) is 0 Å². The van der Waals surface area contributed by atoms with E-state index in [2.05, 4.69) is 10.6 Å². The van der Waals surface area contributed by atoms with Gasteiger partial charge in [-0.3, -0.25) is 0 Å². The van der Waals surface area contributed by atoms with Gasteiger partial charge < -0.3 is 31.6 Å². The molecule has 30 heavy (non-hydrogen) atoms. The minimum atomic E-state index is -0.105. The number of hydrogen-bond donors (Lipinski definition) is 4. The van der Waals surface area contributed by atoms with E-state index in [9.17, 15) is 4.79 Å². The third kappa shape index (κ3) is 10.5. The largest absolute Gasteiger partial charge is 0.494 e. The lowest BCUT2D eigenvalue weighted by molar-refractivity contribution is 0.240. The van der Waals surface area contributed by atoms with Crippen molar-refractivity contribution in [2.75, 3.05) is 37.8 Å². The maximum Gasteiger partial charge on any atom is 0.314 e. The van der Waals surface area contributed by atoms with Gasteiger partial charge in [-0.25, -0.2) is 4.79 Å². The van der Waals surface area contributed by atoms with E-state index < -0.39 is 0 Å². The third-order valence-corrected chi connectivity index (χ3v) is 4.51. The number of anilines is 2. The zero-order valence-electron chi connectivity index (χ0n) is 17.6. The van der Waals surface area contributed by atoms with E-state index >= 15 is 0 Å². The van der Waals surface area contributed by atoms with Crippen molar-refractivity contribution >= 4 is 17.4 Å². The predicted molar refractivity (Wildman–Crippen MR) is 122 cm³/mol. The molecule has 0 aromatic heterocycles. The summed E-state index contributed by atoms with van der Waals surface area (Å²) in [6, 6.07) is 14.7. The Morgan fingerprint density at radius 1 is 0.633 bits per heavy atom. The van der Waals surface area contributed by atoms with Crippen molar-refractivity contribution in [3.05, 3.63) is 48.5 Å². The molecule has 7 heteroatoms. The van der Waals surface area contributed by atoms with Crippen LogP contribution in [0.2, 0.25) is 0 Å². The van der Waals surface area contributed by atoms with Crippen LogP contribution in [0.3, 0.4) is 0 Å². The first-order chi connectivity index (χ1) is 14.6. The molecule has 2 aromatic rings. The van der Waals surface area contributed by atoms with Gasteiger partial charge in [0.05, 0.1) is 13.2 Å². The Labute approximate surface area is 179 Å². The van der Waals surface area contributed by atoms with Crippen molar-refractivity contribution in [3.63, 3.8) is 0 Å². The topological polar surface area (TPSA) is 112 Å². The Kier molecular flexibility index (Phi) is 10.8. The molecule has 2 amide bonds. The summed E-state index contributed by atoms with van der Waals surface area (Å²) in [7, 11) is 0. The van der Waals surface area contributed by atoms with Crippen LogP contribution >= 0.6 is 0 Å². The van der Waals surface area contributed by atoms with Gasteiger partial charge in [0.2, 0.25) is 0 Å². The van der Waals surface area contributed by atoms with Gasteiger partial charge in [0, 0.05) is 24.5 Å². The molecular weight excluding hydrogens is 380 g/mol. The van der Waals surface area contributed by atoms with Gasteiger partial charge in [-0.1, -0.05) is 0 Å². The van der Waals surface area contributed by atoms with E-state index in [1.165, 1.54) is 0 Å². The second kappa shape index (κ2) is 14.0. The smallest absolute Gasteiger partial charge is 0.314 e. The van der Waals surface area contributed by atoms with Crippen molar-refractivity contribution in [3.8, 4) is 11.5 Å². The maximum absolute atomic E-state index is 11.8. The summed E-state index contributed by atoms with van der Waals surface area (Å²) in [6.45, 7) is 2.67. The van der Waals surface area contributed by atoms with Gasteiger partial charge in [-0.05, 0) is 87.1 Å². The van der Waals surface area contributed by atoms with Gasteiger partial charge in [0.15, 0.2) is 0 Å².